The highest BCUT2D eigenvalue weighted by molar-refractivity contribution is 5.56. The second kappa shape index (κ2) is 6.13. The molecule has 0 saturated heterocycles. The molecular formula is C15H11FN4O2. The zero-order chi connectivity index (χ0) is 15.4. The topological polar surface area (TPSA) is 70.0 Å². The predicted molar refractivity (Wildman–Crippen MR) is 76.1 cm³/mol. The average Bonchev–Trinajstić information content (AvgIpc) is 2.58. The number of rotatable bonds is 4. The van der Waals surface area contributed by atoms with Crippen molar-refractivity contribution in [2.24, 2.45) is 0 Å². The SMILES string of the molecule is COc1ccc(-c2cnc(Oc3ccc(F)cc3)nc2)nn1. The summed E-state index contributed by atoms with van der Waals surface area (Å²) in [6.07, 6.45) is 3.14. The fourth-order valence-corrected chi connectivity index (χ4v) is 1.69. The molecule has 0 unspecified atom stereocenters. The molecule has 0 spiro atoms. The van der Waals surface area contributed by atoms with Crippen molar-refractivity contribution in [2.75, 3.05) is 7.11 Å². The fraction of sp³-hybridized carbons (Fsp3) is 0.0667. The molecular weight excluding hydrogens is 287 g/mol. The lowest BCUT2D eigenvalue weighted by atomic mass is 10.2. The van der Waals surface area contributed by atoms with E-state index in [1.165, 1.54) is 31.4 Å². The summed E-state index contributed by atoms with van der Waals surface area (Å²) in [6, 6.07) is 9.23. The molecule has 7 heteroatoms. The van der Waals surface area contributed by atoms with Crippen LogP contribution in [-0.2, 0) is 0 Å². The van der Waals surface area contributed by atoms with Crippen LogP contribution in [0.2, 0.25) is 0 Å². The van der Waals surface area contributed by atoms with Gasteiger partial charge in [0.25, 0.3) is 0 Å². The van der Waals surface area contributed by atoms with Crippen LogP contribution in [0, 0.1) is 5.82 Å². The highest BCUT2D eigenvalue weighted by atomic mass is 19.1. The summed E-state index contributed by atoms with van der Waals surface area (Å²) in [7, 11) is 1.52. The van der Waals surface area contributed by atoms with Crippen LogP contribution < -0.4 is 9.47 Å². The minimum absolute atomic E-state index is 0.164. The molecule has 1 aromatic carbocycles. The van der Waals surface area contributed by atoms with Crippen LogP contribution in [0.3, 0.4) is 0 Å². The van der Waals surface area contributed by atoms with Crippen molar-refractivity contribution in [2.45, 2.75) is 0 Å². The Morgan fingerprint density at radius 3 is 2.23 bits per heavy atom. The van der Waals surface area contributed by atoms with E-state index in [0.29, 0.717) is 22.9 Å². The molecule has 3 aromatic rings. The molecule has 0 amide bonds. The number of ether oxygens (including phenoxy) is 2. The molecule has 0 atom stereocenters. The maximum Gasteiger partial charge on any atom is 0.321 e. The maximum atomic E-state index is 12.8. The van der Waals surface area contributed by atoms with Gasteiger partial charge in [-0.15, -0.1) is 10.2 Å². The van der Waals surface area contributed by atoms with Crippen molar-refractivity contribution in [1.82, 2.24) is 20.2 Å². The van der Waals surface area contributed by atoms with Crippen LogP contribution in [0.15, 0.2) is 48.8 Å². The molecule has 0 radical (unpaired) electrons. The van der Waals surface area contributed by atoms with E-state index in [1.54, 1.807) is 24.5 Å². The lowest BCUT2D eigenvalue weighted by Gasteiger charge is -2.04. The standard InChI is InChI=1S/C15H11FN4O2/c1-21-14-7-6-13(19-20-14)10-8-17-15(18-9-10)22-12-4-2-11(16)3-5-12/h2-9H,1H3. The highest BCUT2D eigenvalue weighted by Gasteiger charge is 2.05. The Labute approximate surface area is 125 Å². The van der Waals surface area contributed by atoms with E-state index in [4.69, 9.17) is 9.47 Å². The Kier molecular flexibility index (Phi) is 3.86. The Morgan fingerprint density at radius 1 is 0.909 bits per heavy atom. The summed E-state index contributed by atoms with van der Waals surface area (Å²) in [5, 5.41) is 7.88. The van der Waals surface area contributed by atoms with Gasteiger partial charge in [-0.05, 0) is 30.3 Å². The van der Waals surface area contributed by atoms with Crippen molar-refractivity contribution in [3.8, 4) is 28.9 Å². The van der Waals surface area contributed by atoms with E-state index in [-0.39, 0.29) is 11.8 Å². The van der Waals surface area contributed by atoms with Gasteiger partial charge < -0.3 is 9.47 Å². The minimum atomic E-state index is -0.332. The Bertz CT molecular complexity index is 746. The van der Waals surface area contributed by atoms with Gasteiger partial charge in [-0.1, -0.05) is 0 Å². The number of nitrogens with zero attached hydrogens (tertiary/aromatic N) is 4. The van der Waals surface area contributed by atoms with Crippen molar-refractivity contribution in [1.29, 1.82) is 0 Å². The number of hydrogen-bond acceptors (Lipinski definition) is 6. The first-order valence-corrected chi connectivity index (χ1v) is 6.38. The van der Waals surface area contributed by atoms with E-state index in [9.17, 15) is 4.39 Å². The van der Waals surface area contributed by atoms with Crippen molar-refractivity contribution < 1.29 is 13.9 Å². The van der Waals surface area contributed by atoms with Crippen LogP contribution in [0.25, 0.3) is 11.3 Å². The molecule has 0 bridgehead atoms. The number of aromatic nitrogens is 4. The molecule has 2 aromatic heterocycles. The van der Waals surface area contributed by atoms with Gasteiger partial charge in [-0.25, -0.2) is 14.4 Å². The van der Waals surface area contributed by atoms with E-state index in [1.807, 2.05) is 0 Å². The highest BCUT2D eigenvalue weighted by Crippen LogP contribution is 2.20. The summed E-state index contributed by atoms with van der Waals surface area (Å²) >= 11 is 0. The molecule has 0 saturated carbocycles. The average molecular weight is 298 g/mol. The van der Waals surface area contributed by atoms with Gasteiger partial charge in [0.05, 0.1) is 12.8 Å². The second-order valence-corrected chi connectivity index (χ2v) is 4.27. The Balaban J connectivity index is 1.75. The van der Waals surface area contributed by atoms with Crippen LogP contribution in [0.4, 0.5) is 4.39 Å². The van der Waals surface area contributed by atoms with Crippen LogP contribution in [-0.4, -0.2) is 27.3 Å². The molecule has 3 rings (SSSR count). The van der Waals surface area contributed by atoms with Crippen molar-refractivity contribution >= 4 is 0 Å². The Morgan fingerprint density at radius 2 is 1.64 bits per heavy atom. The van der Waals surface area contributed by atoms with Crippen molar-refractivity contribution in [3.05, 3.63) is 54.6 Å². The molecule has 0 aliphatic carbocycles. The van der Waals surface area contributed by atoms with Gasteiger partial charge in [0, 0.05) is 24.0 Å². The number of halogens is 1. The lowest BCUT2D eigenvalue weighted by Crippen LogP contribution is -1.95. The van der Waals surface area contributed by atoms with E-state index in [0.717, 1.165) is 0 Å². The van der Waals surface area contributed by atoms with E-state index < -0.39 is 0 Å². The summed E-state index contributed by atoms with van der Waals surface area (Å²) in [5.41, 5.74) is 1.32. The lowest BCUT2D eigenvalue weighted by molar-refractivity contribution is 0.392. The molecule has 0 fully saturated rings. The van der Waals surface area contributed by atoms with E-state index >= 15 is 0 Å². The first-order chi connectivity index (χ1) is 10.7. The monoisotopic (exact) mass is 298 g/mol. The molecule has 110 valence electrons. The third-order valence-electron chi connectivity index (χ3n) is 2.80. The van der Waals surface area contributed by atoms with Gasteiger partial charge in [-0.3, -0.25) is 0 Å². The van der Waals surface area contributed by atoms with Gasteiger partial charge >= 0.3 is 6.01 Å². The maximum absolute atomic E-state index is 12.8. The summed E-state index contributed by atoms with van der Waals surface area (Å²) in [5.74, 6) is 0.556. The largest absolute Gasteiger partial charge is 0.480 e. The molecule has 6 nitrogen and oxygen atoms in total. The predicted octanol–water partition coefficient (Wildman–Crippen LogP) is 2.87. The normalized spacial score (nSPS) is 10.3. The summed E-state index contributed by atoms with van der Waals surface area (Å²) < 4.78 is 23.2. The first-order valence-electron chi connectivity index (χ1n) is 6.38. The third-order valence-corrected chi connectivity index (χ3v) is 2.80. The molecule has 2 heterocycles. The molecule has 0 aliphatic heterocycles. The zero-order valence-electron chi connectivity index (χ0n) is 11.6. The quantitative estimate of drug-likeness (QED) is 0.737. The summed E-state index contributed by atoms with van der Waals surface area (Å²) in [4.78, 5) is 8.18. The van der Waals surface area contributed by atoms with Gasteiger partial charge in [-0.2, -0.15) is 0 Å². The molecule has 0 N–H and O–H groups in total. The minimum Gasteiger partial charge on any atom is -0.480 e. The Hall–Kier alpha value is -3.09. The van der Waals surface area contributed by atoms with Gasteiger partial charge in [0.15, 0.2) is 0 Å². The number of benzene rings is 1. The van der Waals surface area contributed by atoms with Crippen LogP contribution >= 0.6 is 0 Å². The summed E-state index contributed by atoms with van der Waals surface area (Å²) in [6.45, 7) is 0. The van der Waals surface area contributed by atoms with Gasteiger partial charge in [0.2, 0.25) is 5.88 Å². The first kappa shape index (κ1) is 13.9. The van der Waals surface area contributed by atoms with Gasteiger partial charge in [0.1, 0.15) is 11.6 Å². The third kappa shape index (κ3) is 3.14. The smallest absolute Gasteiger partial charge is 0.321 e. The second-order valence-electron chi connectivity index (χ2n) is 4.27. The fourth-order valence-electron chi connectivity index (χ4n) is 1.69. The number of methoxy groups -OCH3 is 1. The zero-order valence-corrected chi connectivity index (χ0v) is 11.6. The molecule has 22 heavy (non-hydrogen) atoms. The van der Waals surface area contributed by atoms with Crippen LogP contribution in [0.1, 0.15) is 0 Å². The number of hydrogen-bond donors (Lipinski definition) is 0. The van der Waals surface area contributed by atoms with Crippen molar-refractivity contribution in [3.63, 3.8) is 0 Å². The van der Waals surface area contributed by atoms with E-state index in [2.05, 4.69) is 20.2 Å². The molecule has 0 aliphatic rings. The van der Waals surface area contributed by atoms with Crippen LogP contribution in [0.5, 0.6) is 17.6 Å².